The lowest BCUT2D eigenvalue weighted by Gasteiger charge is -2.30. The summed E-state index contributed by atoms with van der Waals surface area (Å²) in [5, 5.41) is 16.1. The number of fused-ring (bicyclic) bond motifs is 1. The summed E-state index contributed by atoms with van der Waals surface area (Å²) in [7, 11) is 0. The smallest absolute Gasteiger partial charge is 0.163 e. The molecule has 0 amide bonds. The van der Waals surface area contributed by atoms with Crippen LogP contribution in [-0.4, -0.2) is 39.6 Å². The Morgan fingerprint density at radius 1 is 1.17 bits per heavy atom. The summed E-state index contributed by atoms with van der Waals surface area (Å²) in [5.41, 5.74) is 2.64. The van der Waals surface area contributed by atoms with Gasteiger partial charge in [-0.2, -0.15) is 5.10 Å². The molecule has 0 aliphatic carbocycles. The summed E-state index contributed by atoms with van der Waals surface area (Å²) < 4.78 is 7.80. The second-order valence-corrected chi connectivity index (χ2v) is 6.59. The molecule has 0 radical (unpaired) electrons. The van der Waals surface area contributed by atoms with Crippen LogP contribution in [0.15, 0.2) is 6.20 Å². The van der Waals surface area contributed by atoms with E-state index in [0.29, 0.717) is 0 Å². The summed E-state index contributed by atoms with van der Waals surface area (Å²) in [6.45, 7) is 4.74. The maximum Gasteiger partial charge on any atom is 0.163 e. The summed E-state index contributed by atoms with van der Waals surface area (Å²) >= 11 is 0. The van der Waals surface area contributed by atoms with Gasteiger partial charge in [-0.05, 0) is 45.4 Å². The molecule has 2 aliphatic heterocycles. The largest absolute Gasteiger partial charge is 0.504 e. The number of pyridine rings is 1. The number of piperidine rings is 1. The number of ether oxygens (including phenoxy) is 1. The van der Waals surface area contributed by atoms with Crippen molar-refractivity contribution in [3.8, 4) is 5.75 Å². The van der Waals surface area contributed by atoms with Crippen LogP contribution in [0.25, 0.3) is 11.0 Å². The molecule has 0 aromatic carbocycles. The third-order valence-corrected chi connectivity index (χ3v) is 4.95. The Labute approximate surface area is 136 Å². The molecule has 124 valence electrons. The van der Waals surface area contributed by atoms with E-state index in [1.807, 2.05) is 11.6 Å². The molecular weight excluding hydrogens is 292 g/mol. The monoisotopic (exact) mass is 316 g/mol. The van der Waals surface area contributed by atoms with Crippen molar-refractivity contribution in [1.82, 2.24) is 14.8 Å². The number of anilines is 1. The molecule has 2 aromatic rings. The van der Waals surface area contributed by atoms with Crippen molar-refractivity contribution in [3.63, 3.8) is 0 Å². The first-order valence-electron chi connectivity index (χ1n) is 8.69. The molecule has 0 bridgehead atoms. The summed E-state index contributed by atoms with van der Waals surface area (Å²) in [4.78, 5) is 6.76. The van der Waals surface area contributed by atoms with Gasteiger partial charge in [0.25, 0.3) is 0 Å². The van der Waals surface area contributed by atoms with Gasteiger partial charge >= 0.3 is 0 Å². The Balaban J connectivity index is 1.83. The van der Waals surface area contributed by atoms with Gasteiger partial charge in [0.15, 0.2) is 17.6 Å². The van der Waals surface area contributed by atoms with Crippen LogP contribution in [0.3, 0.4) is 0 Å². The highest BCUT2D eigenvalue weighted by Crippen LogP contribution is 2.39. The van der Waals surface area contributed by atoms with Gasteiger partial charge in [-0.15, -0.1) is 0 Å². The van der Waals surface area contributed by atoms with E-state index < -0.39 is 0 Å². The van der Waals surface area contributed by atoms with Crippen LogP contribution in [0, 0.1) is 6.92 Å². The van der Waals surface area contributed by atoms with Crippen LogP contribution in [-0.2, 0) is 4.74 Å². The van der Waals surface area contributed by atoms with Gasteiger partial charge in [-0.3, -0.25) is 0 Å². The van der Waals surface area contributed by atoms with E-state index in [-0.39, 0.29) is 12.0 Å². The average molecular weight is 316 g/mol. The van der Waals surface area contributed by atoms with Crippen LogP contribution in [0.1, 0.15) is 50.4 Å². The van der Waals surface area contributed by atoms with Crippen molar-refractivity contribution in [3.05, 3.63) is 11.9 Å². The van der Waals surface area contributed by atoms with E-state index in [1.54, 1.807) is 6.20 Å². The second kappa shape index (κ2) is 6.00. The molecule has 6 nitrogen and oxygen atoms in total. The second-order valence-electron chi connectivity index (χ2n) is 6.59. The maximum absolute atomic E-state index is 10.4. The van der Waals surface area contributed by atoms with Crippen molar-refractivity contribution in [2.45, 2.75) is 51.7 Å². The van der Waals surface area contributed by atoms with Crippen molar-refractivity contribution >= 4 is 16.7 Å². The molecule has 23 heavy (non-hydrogen) atoms. The zero-order valence-corrected chi connectivity index (χ0v) is 13.7. The van der Waals surface area contributed by atoms with Gasteiger partial charge in [0.2, 0.25) is 0 Å². The highest BCUT2D eigenvalue weighted by atomic mass is 16.5. The molecule has 4 heterocycles. The maximum atomic E-state index is 10.4. The zero-order valence-electron chi connectivity index (χ0n) is 13.7. The van der Waals surface area contributed by atoms with E-state index in [9.17, 15) is 5.11 Å². The Hall–Kier alpha value is -1.82. The van der Waals surface area contributed by atoms with Gasteiger partial charge in [-0.1, -0.05) is 0 Å². The first-order valence-corrected chi connectivity index (χ1v) is 8.69. The average Bonchev–Trinajstić information content (AvgIpc) is 2.93. The third-order valence-electron chi connectivity index (χ3n) is 4.95. The Kier molecular flexibility index (Phi) is 3.85. The Morgan fingerprint density at radius 2 is 2.00 bits per heavy atom. The van der Waals surface area contributed by atoms with E-state index in [2.05, 4.69) is 9.88 Å². The molecule has 0 saturated carbocycles. The number of hydrogen-bond donors (Lipinski definition) is 1. The highest BCUT2D eigenvalue weighted by molar-refractivity contribution is 5.95. The molecular formula is C17H24N4O2. The predicted molar refractivity (Wildman–Crippen MR) is 88.8 cm³/mol. The summed E-state index contributed by atoms with van der Waals surface area (Å²) in [6, 6.07) is 0. The van der Waals surface area contributed by atoms with E-state index >= 15 is 0 Å². The molecule has 1 N–H and O–H groups in total. The van der Waals surface area contributed by atoms with Gasteiger partial charge in [-0.25, -0.2) is 9.67 Å². The van der Waals surface area contributed by atoms with Crippen LogP contribution in [0.2, 0.25) is 0 Å². The van der Waals surface area contributed by atoms with Crippen LogP contribution < -0.4 is 4.90 Å². The minimum absolute atomic E-state index is 0.0359. The van der Waals surface area contributed by atoms with Crippen molar-refractivity contribution in [2.24, 2.45) is 0 Å². The molecule has 4 rings (SSSR count). The minimum Gasteiger partial charge on any atom is -0.504 e. The number of rotatable bonds is 2. The normalized spacial score (nSPS) is 22.7. The minimum atomic E-state index is -0.0359. The first kappa shape index (κ1) is 14.8. The molecule has 2 aromatic heterocycles. The van der Waals surface area contributed by atoms with Crippen molar-refractivity contribution in [1.29, 1.82) is 0 Å². The molecule has 2 aliphatic rings. The Morgan fingerprint density at radius 3 is 2.74 bits per heavy atom. The van der Waals surface area contributed by atoms with Crippen molar-refractivity contribution < 1.29 is 9.84 Å². The van der Waals surface area contributed by atoms with E-state index in [1.165, 1.54) is 19.3 Å². The van der Waals surface area contributed by atoms with E-state index in [4.69, 9.17) is 9.84 Å². The predicted octanol–water partition coefficient (Wildman–Crippen LogP) is 3.13. The fourth-order valence-corrected chi connectivity index (χ4v) is 3.80. The number of hydrogen-bond acceptors (Lipinski definition) is 5. The molecule has 0 spiro atoms. The quantitative estimate of drug-likeness (QED) is 0.922. The number of aromatic nitrogens is 3. The molecule has 1 atom stereocenters. The first-order chi connectivity index (χ1) is 11.3. The fraction of sp³-hybridized carbons (Fsp3) is 0.647. The van der Waals surface area contributed by atoms with Crippen molar-refractivity contribution in [2.75, 3.05) is 24.6 Å². The Bertz CT molecular complexity index is 700. The van der Waals surface area contributed by atoms with Gasteiger partial charge < -0.3 is 14.7 Å². The van der Waals surface area contributed by atoms with Crippen LogP contribution in [0.4, 0.5) is 5.69 Å². The standard InChI is InChI=1S/C17H24N4O2/c1-12-15-16(20-8-4-2-5-9-20)13(22)11-18-17(15)21(19-12)14-7-3-6-10-23-14/h11,14,22H,2-10H2,1H3. The summed E-state index contributed by atoms with van der Waals surface area (Å²) in [5.74, 6) is 0.256. The lowest BCUT2D eigenvalue weighted by Crippen LogP contribution is -2.29. The van der Waals surface area contributed by atoms with Crippen LogP contribution >= 0.6 is 0 Å². The van der Waals surface area contributed by atoms with Gasteiger partial charge in [0.05, 0.1) is 23.0 Å². The van der Waals surface area contributed by atoms with Crippen LogP contribution in [0.5, 0.6) is 5.75 Å². The number of aryl methyl sites for hydroxylation is 1. The SMILES string of the molecule is Cc1nn(C2CCCCO2)c2ncc(O)c(N3CCCCC3)c12. The van der Waals surface area contributed by atoms with Gasteiger partial charge in [0.1, 0.15) is 0 Å². The third kappa shape index (κ3) is 2.55. The number of nitrogens with zero attached hydrogens (tertiary/aromatic N) is 4. The topological polar surface area (TPSA) is 63.4 Å². The molecule has 2 saturated heterocycles. The molecule has 6 heteroatoms. The number of aromatic hydroxyl groups is 1. The molecule has 2 fully saturated rings. The van der Waals surface area contributed by atoms with Gasteiger partial charge in [0, 0.05) is 19.7 Å². The molecule has 1 unspecified atom stereocenters. The highest BCUT2D eigenvalue weighted by Gasteiger charge is 2.26. The summed E-state index contributed by atoms with van der Waals surface area (Å²) in [6.07, 6.45) is 8.37. The lowest BCUT2D eigenvalue weighted by molar-refractivity contribution is -0.0371. The lowest BCUT2D eigenvalue weighted by atomic mass is 10.1. The zero-order chi connectivity index (χ0) is 15.8. The fourth-order valence-electron chi connectivity index (χ4n) is 3.80. The van der Waals surface area contributed by atoms with E-state index in [0.717, 1.165) is 61.4 Å².